The maximum Gasteiger partial charge on any atom is 0.353 e. The average Bonchev–Trinajstić information content (AvgIpc) is 2.83. The first-order valence-electron chi connectivity index (χ1n) is 9.93. The molecule has 1 aliphatic heterocycles. The number of pyridine rings is 1. The summed E-state index contributed by atoms with van der Waals surface area (Å²) in [4.78, 5) is 28.3. The summed E-state index contributed by atoms with van der Waals surface area (Å²) in [6, 6.07) is 13.3. The fourth-order valence-corrected chi connectivity index (χ4v) is 3.52. The molecule has 4 rings (SSSR count). The number of hydrogen-bond donors (Lipinski definition) is 1. The van der Waals surface area contributed by atoms with E-state index < -0.39 is 4.92 Å². The van der Waals surface area contributed by atoms with Gasteiger partial charge in [0, 0.05) is 38.9 Å². The molecule has 3 aromatic rings. The van der Waals surface area contributed by atoms with Crippen LogP contribution in [0.1, 0.15) is 5.56 Å². The molecule has 0 spiro atoms. The Bertz CT molecular complexity index is 1020. The van der Waals surface area contributed by atoms with E-state index in [9.17, 15) is 10.1 Å². The molecule has 0 aliphatic carbocycles. The lowest BCUT2D eigenvalue weighted by atomic mass is 10.2. The number of piperazine rings is 1. The zero-order chi connectivity index (χ0) is 21.6. The molecule has 3 heterocycles. The lowest BCUT2D eigenvalue weighted by Gasteiger charge is -2.35. The predicted molar refractivity (Wildman–Crippen MR) is 118 cm³/mol. The second-order valence-electron chi connectivity index (χ2n) is 7.02. The Labute approximate surface area is 179 Å². The Balaban J connectivity index is 1.49. The van der Waals surface area contributed by atoms with Crippen LogP contribution in [0.4, 0.5) is 23.1 Å². The number of anilines is 3. The van der Waals surface area contributed by atoms with E-state index in [0.717, 1.165) is 17.1 Å². The molecule has 1 saturated heterocycles. The second-order valence-corrected chi connectivity index (χ2v) is 7.02. The quantitative estimate of drug-likeness (QED) is 0.455. The molecule has 10 nitrogen and oxygen atoms in total. The Morgan fingerprint density at radius 3 is 2.42 bits per heavy atom. The van der Waals surface area contributed by atoms with E-state index in [1.807, 2.05) is 47.4 Å². The normalized spacial score (nSPS) is 13.7. The fraction of sp³-hybridized carbons (Fsp3) is 0.286. The van der Waals surface area contributed by atoms with E-state index in [0.29, 0.717) is 38.5 Å². The van der Waals surface area contributed by atoms with Crippen molar-refractivity contribution in [2.45, 2.75) is 6.54 Å². The number of nitrogens with one attached hydrogen (secondary N) is 1. The molecule has 0 amide bonds. The third kappa shape index (κ3) is 4.63. The first-order valence-corrected chi connectivity index (χ1v) is 9.93. The van der Waals surface area contributed by atoms with Gasteiger partial charge in [0.15, 0.2) is 0 Å². The van der Waals surface area contributed by atoms with Gasteiger partial charge >= 0.3 is 5.69 Å². The molecule has 2 aromatic heterocycles. The summed E-state index contributed by atoms with van der Waals surface area (Å²) in [5.41, 5.74) is 0.849. The smallest absolute Gasteiger partial charge is 0.353 e. The molecule has 160 valence electrons. The van der Waals surface area contributed by atoms with Gasteiger partial charge in [0.05, 0.1) is 12.0 Å². The molecule has 0 saturated carbocycles. The van der Waals surface area contributed by atoms with Gasteiger partial charge in [-0.25, -0.2) is 15.0 Å². The number of benzene rings is 1. The van der Waals surface area contributed by atoms with Gasteiger partial charge in [-0.05, 0) is 29.8 Å². The van der Waals surface area contributed by atoms with Gasteiger partial charge in [-0.15, -0.1) is 0 Å². The molecule has 31 heavy (non-hydrogen) atoms. The maximum absolute atomic E-state index is 11.9. The van der Waals surface area contributed by atoms with Gasteiger partial charge in [0.25, 0.3) is 0 Å². The highest BCUT2D eigenvalue weighted by atomic mass is 16.6. The number of methoxy groups -OCH3 is 1. The van der Waals surface area contributed by atoms with Crippen LogP contribution < -0.4 is 19.9 Å². The highest BCUT2D eigenvalue weighted by molar-refractivity contribution is 5.70. The molecule has 1 N–H and O–H groups in total. The van der Waals surface area contributed by atoms with Crippen molar-refractivity contribution in [1.29, 1.82) is 0 Å². The summed E-state index contributed by atoms with van der Waals surface area (Å²) in [5, 5.41) is 15.0. The van der Waals surface area contributed by atoms with Crippen molar-refractivity contribution in [2.24, 2.45) is 0 Å². The third-order valence-electron chi connectivity index (χ3n) is 5.16. The molecule has 1 fully saturated rings. The topological polar surface area (TPSA) is 110 Å². The molecular formula is C21H23N7O3. The number of ether oxygens (including phenoxy) is 1. The zero-order valence-corrected chi connectivity index (χ0v) is 17.1. The summed E-state index contributed by atoms with van der Waals surface area (Å²) >= 11 is 0. The van der Waals surface area contributed by atoms with Crippen LogP contribution in [-0.4, -0.2) is 53.2 Å². The molecule has 0 unspecified atom stereocenters. The minimum absolute atomic E-state index is 0.109. The van der Waals surface area contributed by atoms with Crippen molar-refractivity contribution in [3.63, 3.8) is 0 Å². The SMILES string of the molecule is COc1ccc(CNc2ncnc(N3CCN(c4ccccn4)CC3)c2[N+](=O)[O-])cc1. The number of rotatable bonds is 7. The fourth-order valence-electron chi connectivity index (χ4n) is 3.52. The summed E-state index contributed by atoms with van der Waals surface area (Å²) < 4.78 is 5.16. The van der Waals surface area contributed by atoms with Crippen LogP contribution >= 0.6 is 0 Å². The molecule has 0 bridgehead atoms. The lowest BCUT2D eigenvalue weighted by Crippen LogP contribution is -2.47. The van der Waals surface area contributed by atoms with Crippen molar-refractivity contribution in [1.82, 2.24) is 15.0 Å². The molecule has 0 radical (unpaired) electrons. The van der Waals surface area contributed by atoms with Gasteiger partial charge in [0.2, 0.25) is 11.6 Å². The van der Waals surface area contributed by atoms with Crippen molar-refractivity contribution in [2.75, 3.05) is 48.4 Å². The van der Waals surface area contributed by atoms with Crippen molar-refractivity contribution in [3.8, 4) is 5.75 Å². The predicted octanol–water partition coefficient (Wildman–Crippen LogP) is 2.73. The lowest BCUT2D eigenvalue weighted by molar-refractivity contribution is -0.383. The van der Waals surface area contributed by atoms with E-state index in [1.54, 1.807) is 13.3 Å². The monoisotopic (exact) mass is 421 g/mol. The van der Waals surface area contributed by atoms with Crippen LogP contribution in [0, 0.1) is 10.1 Å². The summed E-state index contributed by atoms with van der Waals surface area (Å²) in [7, 11) is 1.61. The van der Waals surface area contributed by atoms with E-state index in [1.165, 1.54) is 6.33 Å². The van der Waals surface area contributed by atoms with Crippen LogP contribution in [0.2, 0.25) is 0 Å². The van der Waals surface area contributed by atoms with Crippen LogP contribution in [0.3, 0.4) is 0 Å². The summed E-state index contributed by atoms with van der Waals surface area (Å²) in [6.07, 6.45) is 3.13. The van der Waals surface area contributed by atoms with Gasteiger partial charge in [0.1, 0.15) is 17.9 Å². The Kier molecular flexibility index (Phi) is 6.06. The molecule has 10 heteroatoms. The summed E-state index contributed by atoms with van der Waals surface area (Å²) in [6.45, 7) is 3.01. The van der Waals surface area contributed by atoms with Crippen LogP contribution in [0.25, 0.3) is 0 Å². The Morgan fingerprint density at radius 2 is 1.77 bits per heavy atom. The Hall–Kier alpha value is -3.95. The maximum atomic E-state index is 11.9. The first-order chi connectivity index (χ1) is 15.2. The third-order valence-corrected chi connectivity index (χ3v) is 5.16. The van der Waals surface area contributed by atoms with Crippen LogP contribution in [0.5, 0.6) is 5.75 Å². The molecule has 1 aromatic carbocycles. The van der Waals surface area contributed by atoms with Crippen molar-refractivity contribution >= 4 is 23.1 Å². The minimum atomic E-state index is -0.420. The van der Waals surface area contributed by atoms with E-state index in [2.05, 4.69) is 25.2 Å². The molecular weight excluding hydrogens is 398 g/mol. The molecule has 1 aliphatic rings. The van der Waals surface area contributed by atoms with E-state index in [-0.39, 0.29) is 11.5 Å². The average molecular weight is 421 g/mol. The number of hydrogen-bond acceptors (Lipinski definition) is 9. The van der Waals surface area contributed by atoms with Crippen LogP contribution in [-0.2, 0) is 6.54 Å². The van der Waals surface area contributed by atoms with Crippen molar-refractivity contribution < 1.29 is 9.66 Å². The second kappa shape index (κ2) is 9.24. The van der Waals surface area contributed by atoms with Crippen molar-refractivity contribution in [3.05, 3.63) is 70.7 Å². The largest absolute Gasteiger partial charge is 0.497 e. The van der Waals surface area contributed by atoms with Gasteiger partial charge in [-0.3, -0.25) is 10.1 Å². The van der Waals surface area contributed by atoms with Gasteiger partial charge < -0.3 is 19.9 Å². The molecule has 0 atom stereocenters. The number of nitrogens with zero attached hydrogens (tertiary/aromatic N) is 6. The minimum Gasteiger partial charge on any atom is -0.497 e. The zero-order valence-electron chi connectivity index (χ0n) is 17.1. The van der Waals surface area contributed by atoms with Gasteiger partial charge in [-0.2, -0.15) is 0 Å². The van der Waals surface area contributed by atoms with E-state index >= 15 is 0 Å². The highest BCUT2D eigenvalue weighted by Crippen LogP contribution is 2.33. The number of nitro groups is 1. The highest BCUT2D eigenvalue weighted by Gasteiger charge is 2.29. The summed E-state index contributed by atoms with van der Waals surface area (Å²) in [5.74, 6) is 2.20. The van der Waals surface area contributed by atoms with Crippen LogP contribution in [0.15, 0.2) is 55.0 Å². The van der Waals surface area contributed by atoms with Gasteiger partial charge in [-0.1, -0.05) is 18.2 Å². The standard InChI is InChI=1S/C21H23N7O3/c1-31-17-7-5-16(6-8-17)14-23-20-19(28(29)30)21(25-15-24-20)27-12-10-26(11-13-27)18-4-2-3-9-22-18/h2-9,15H,10-14H2,1H3,(H,23,24,25). The number of aromatic nitrogens is 3. The van der Waals surface area contributed by atoms with E-state index in [4.69, 9.17) is 4.74 Å². The first kappa shape index (κ1) is 20.3. The Morgan fingerprint density at radius 1 is 1.03 bits per heavy atom.